The van der Waals surface area contributed by atoms with Crippen LogP contribution in [0.1, 0.15) is 54.9 Å². The Bertz CT molecular complexity index is 2930. The Morgan fingerprint density at radius 1 is 0.425 bits per heavy atom. The lowest BCUT2D eigenvalue weighted by Gasteiger charge is -2.46. The smallest absolute Gasteiger partial charge is 0.416 e. The highest BCUT2D eigenvalue weighted by atomic mass is 79.9. The Hall–Kier alpha value is -7.27. The molecule has 0 atom stereocenters. The van der Waals surface area contributed by atoms with Crippen molar-refractivity contribution in [2.45, 2.75) is 56.0 Å². The van der Waals surface area contributed by atoms with Gasteiger partial charge in [-0.05, 0) is 48.5 Å². The first-order valence-corrected chi connectivity index (χ1v) is 22.5. The first-order valence-electron chi connectivity index (χ1n) is 21.7. The summed E-state index contributed by atoms with van der Waals surface area (Å²) in [7, 11) is 0. The largest absolute Gasteiger partial charge is 0.434 e. The first kappa shape index (κ1) is 61.9. The van der Waals surface area contributed by atoms with Gasteiger partial charge in [-0.15, -0.1) is 0 Å². The van der Waals surface area contributed by atoms with Crippen LogP contribution in [0.15, 0.2) is 150 Å². The topological polar surface area (TPSA) is 43.1 Å². The number of Topliss-reactive ketones (excluding diaryl/α,β-unsaturated/α-hetero) is 1. The van der Waals surface area contributed by atoms with Crippen LogP contribution in [0.4, 0.5) is 105 Å². The molecule has 6 aromatic carbocycles. The van der Waals surface area contributed by atoms with Crippen LogP contribution in [0, 0.1) is 0 Å². The van der Waals surface area contributed by atoms with E-state index in [9.17, 15) is 110 Å². The number of rotatable bonds is 9. The van der Waals surface area contributed by atoms with E-state index in [1.807, 2.05) is 54.6 Å². The van der Waals surface area contributed by atoms with E-state index in [0.29, 0.717) is 17.2 Å². The lowest BCUT2D eigenvalue weighted by Crippen LogP contribution is -2.75. The first-order chi connectivity index (χ1) is 36.5. The number of aromatic nitrogens is 2. The van der Waals surface area contributed by atoms with Crippen LogP contribution in [0.2, 0.25) is 0 Å². The van der Waals surface area contributed by atoms with E-state index in [-0.39, 0.29) is 12.3 Å². The van der Waals surface area contributed by atoms with Crippen molar-refractivity contribution in [3.05, 3.63) is 201 Å². The molecule has 7 aromatic rings. The summed E-state index contributed by atoms with van der Waals surface area (Å²) in [5.74, 6) is 1.17. The van der Waals surface area contributed by atoms with E-state index in [1.165, 1.54) is 0 Å². The summed E-state index contributed by atoms with van der Waals surface area (Å²) < 4.78 is 349. The molecule has 0 fully saturated rings. The maximum absolute atomic E-state index is 14.2. The fourth-order valence-electron chi connectivity index (χ4n) is 8.14. The molecule has 0 saturated carbocycles. The number of halogens is 25. The van der Waals surface area contributed by atoms with Crippen LogP contribution in [0.3, 0.4) is 0 Å². The predicted molar refractivity (Wildman–Crippen MR) is 239 cm³/mol. The summed E-state index contributed by atoms with van der Waals surface area (Å²) in [6, 6.07) is 7.88. The molecule has 0 N–H and O–H groups in total. The fourth-order valence-corrected chi connectivity index (χ4v) is 8.40. The SMILES string of the molecule is FC(F)(F)c1cc([B-](c2cc(C(F)(F)F)cc(C(F)(F)F)c2)(c2cc(C(F)(F)F)cc(C(F)(F)F)c2)c2cc(C(F)(F)F)cc(C(F)(F)F)c2)cc(C(F)(F)F)c1.O=C(C[n+]1ccnc(Oc2ccc(Br)cc2)c1)c1ccccc1. The minimum Gasteiger partial charge on any atom is -0.434 e. The van der Waals surface area contributed by atoms with Gasteiger partial charge in [0.2, 0.25) is 18.5 Å². The summed E-state index contributed by atoms with van der Waals surface area (Å²) in [5.41, 5.74) is -29.5. The highest BCUT2D eigenvalue weighted by Crippen LogP contribution is 2.41. The van der Waals surface area contributed by atoms with Gasteiger partial charge >= 0.3 is 49.4 Å². The van der Waals surface area contributed by atoms with Gasteiger partial charge in [0.25, 0.3) is 5.88 Å². The average Bonchev–Trinajstić information content (AvgIpc) is 3.33. The Morgan fingerprint density at radius 2 is 0.713 bits per heavy atom. The van der Waals surface area contributed by atoms with Gasteiger partial charge < -0.3 is 4.74 Å². The number of hydrogen-bond donors (Lipinski definition) is 0. The molecule has 1 aromatic heterocycles. The molecule has 0 bridgehead atoms. The molecule has 30 heteroatoms. The number of nitrogens with zero attached hydrogens (tertiary/aromatic N) is 2. The van der Waals surface area contributed by atoms with E-state index in [2.05, 4.69) is 20.9 Å². The van der Waals surface area contributed by atoms with Crippen molar-refractivity contribution in [3.8, 4) is 11.6 Å². The molecule has 80 heavy (non-hydrogen) atoms. The predicted octanol–water partition coefficient (Wildman–Crippen LogP) is 15.0. The highest BCUT2D eigenvalue weighted by molar-refractivity contribution is 9.10. The van der Waals surface area contributed by atoms with Crippen molar-refractivity contribution >= 4 is 49.7 Å². The van der Waals surface area contributed by atoms with Gasteiger partial charge in [-0.1, -0.05) is 94.8 Å². The number of carbonyl (C=O) groups is 1. The molecule has 426 valence electrons. The maximum atomic E-state index is 14.2. The molecule has 0 radical (unpaired) electrons. The third-order valence-electron chi connectivity index (χ3n) is 11.6. The van der Waals surface area contributed by atoms with Crippen molar-refractivity contribution in [2.75, 3.05) is 0 Å². The zero-order valence-corrected chi connectivity index (χ0v) is 40.4. The van der Waals surface area contributed by atoms with Crippen molar-refractivity contribution in [1.82, 2.24) is 4.98 Å². The standard InChI is InChI=1S/C32H12BF24.C18H14BrN2O2/c34-25(35,36)13-1-14(26(37,38)39)6-21(5-13)33(22-7-15(27(40,41)42)2-16(8-22)28(43,44)45,23-9-17(29(46,47)48)3-18(10-23)30(49,50)51)24-11-19(31(52,53)54)4-20(12-24)32(55,56)57;19-15-6-8-16(9-7-15)23-18-13-21(11-10-20-18)12-17(22)14-4-2-1-3-5-14/h1-12H;1-11,13H,12H2/q-1;+1. The van der Waals surface area contributed by atoms with E-state index in [4.69, 9.17) is 4.74 Å². The Morgan fingerprint density at radius 3 is 0.988 bits per heavy atom. The van der Waals surface area contributed by atoms with Crippen molar-refractivity contribution < 1.29 is 119 Å². The molecule has 0 amide bonds. The van der Waals surface area contributed by atoms with Crippen LogP contribution in [0.5, 0.6) is 11.6 Å². The van der Waals surface area contributed by atoms with E-state index in [0.717, 1.165) is 4.47 Å². The second-order valence-electron chi connectivity index (χ2n) is 17.1. The van der Waals surface area contributed by atoms with Gasteiger partial charge in [0.1, 0.15) is 11.9 Å². The Balaban J connectivity index is 0.000000370. The third-order valence-corrected chi connectivity index (χ3v) is 12.2. The lowest BCUT2D eigenvalue weighted by molar-refractivity contribution is -0.683. The van der Waals surface area contributed by atoms with Crippen molar-refractivity contribution in [2.24, 2.45) is 0 Å². The van der Waals surface area contributed by atoms with Gasteiger partial charge in [0.05, 0.1) is 50.7 Å². The van der Waals surface area contributed by atoms with Gasteiger partial charge in [0.15, 0.2) is 6.20 Å². The minimum atomic E-state index is -6.13. The molecule has 7 rings (SSSR count). The maximum Gasteiger partial charge on any atom is 0.416 e. The average molecular weight is 1230 g/mol. The molecule has 0 aliphatic rings. The molecule has 0 aliphatic carbocycles. The summed E-state index contributed by atoms with van der Waals surface area (Å²) in [4.78, 5) is 16.4. The summed E-state index contributed by atoms with van der Waals surface area (Å²) in [5, 5.41) is 0. The molecular formula is C50H26BBrF24N2O2. The zero-order chi connectivity index (χ0) is 60.0. The molecule has 4 nitrogen and oxygen atoms in total. The quantitative estimate of drug-likeness (QED) is 0.0626. The Labute approximate surface area is 441 Å². The van der Waals surface area contributed by atoms with E-state index < -0.39 is 195 Å². The summed E-state index contributed by atoms with van der Waals surface area (Å²) >= 11 is 3.38. The third kappa shape index (κ3) is 14.7. The zero-order valence-electron chi connectivity index (χ0n) is 38.8. The van der Waals surface area contributed by atoms with Gasteiger partial charge in [-0.2, -0.15) is 132 Å². The van der Waals surface area contributed by atoms with Crippen LogP contribution >= 0.6 is 15.9 Å². The fraction of sp³-hybridized carbons (Fsp3) is 0.180. The number of ketones is 1. The van der Waals surface area contributed by atoms with Gasteiger partial charge in [-0.3, -0.25) is 4.79 Å². The number of benzene rings is 6. The number of ether oxygens (including phenoxy) is 1. The second kappa shape index (κ2) is 22.0. The van der Waals surface area contributed by atoms with E-state index in [1.54, 1.807) is 23.2 Å². The highest BCUT2D eigenvalue weighted by Gasteiger charge is 2.47. The molecule has 0 aliphatic heterocycles. The van der Waals surface area contributed by atoms with Crippen LogP contribution < -0.4 is 31.2 Å². The molecule has 0 spiro atoms. The van der Waals surface area contributed by atoms with Gasteiger partial charge in [0, 0.05) is 10.0 Å². The van der Waals surface area contributed by atoms with Crippen LogP contribution in [-0.4, -0.2) is 16.9 Å². The van der Waals surface area contributed by atoms with E-state index >= 15 is 0 Å². The number of carbonyl (C=O) groups excluding carboxylic acids is 1. The Kier molecular flexibility index (Phi) is 17.0. The second-order valence-corrected chi connectivity index (χ2v) is 18.1. The monoisotopic (exact) mass is 1230 g/mol. The number of hydrogen-bond acceptors (Lipinski definition) is 3. The number of alkyl halides is 24. The lowest BCUT2D eigenvalue weighted by atomic mass is 9.12. The molecule has 0 saturated heterocycles. The summed E-state index contributed by atoms with van der Waals surface area (Å²) in [6.45, 7) is 0.239. The molecular weight excluding hydrogens is 1210 g/mol. The molecule has 1 heterocycles. The molecule has 0 unspecified atom stereocenters. The minimum absolute atomic E-state index is 0.0383. The van der Waals surface area contributed by atoms with Crippen molar-refractivity contribution in [1.29, 1.82) is 0 Å². The van der Waals surface area contributed by atoms with Crippen LogP contribution in [-0.2, 0) is 56.0 Å². The summed E-state index contributed by atoms with van der Waals surface area (Å²) in [6.07, 6.45) is -49.7. The normalized spacial score (nSPS) is 13.2. The van der Waals surface area contributed by atoms with Crippen LogP contribution in [0.25, 0.3) is 0 Å². The van der Waals surface area contributed by atoms with Crippen molar-refractivity contribution in [3.63, 3.8) is 0 Å². The van der Waals surface area contributed by atoms with Gasteiger partial charge in [-0.25, -0.2) is 4.98 Å².